The second-order valence-corrected chi connectivity index (χ2v) is 5.26. The number of likely N-dealkylation sites (tertiary alicyclic amines) is 1. The average Bonchev–Trinajstić information content (AvgIpc) is 2.38. The number of carbonyl (C=O) groups is 1. The van der Waals surface area contributed by atoms with Crippen molar-refractivity contribution >= 4 is 11.6 Å². The summed E-state index contributed by atoms with van der Waals surface area (Å²) in [6.07, 6.45) is 2.77. The molecular weight excluding hydrogens is 263 g/mol. The molecule has 6 heteroatoms. The smallest absolute Gasteiger partial charge is 0.270 e. The summed E-state index contributed by atoms with van der Waals surface area (Å²) in [5.74, 6) is -1.18. The van der Waals surface area contributed by atoms with Gasteiger partial charge in [-0.1, -0.05) is 0 Å². The summed E-state index contributed by atoms with van der Waals surface area (Å²) >= 11 is 0. The number of non-ortho nitro benzene ring substituents is 1. The van der Waals surface area contributed by atoms with E-state index in [1.807, 2.05) is 13.8 Å². The monoisotopic (exact) mass is 280 g/mol. The van der Waals surface area contributed by atoms with Gasteiger partial charge >= 0.3 is 0 Å². The highest BCUT2D eigenvalue weighted by atomic mass is 19.1. The Morgan fingerprint density at radius 3 is 2.50 bits per heavy atom. The Bertz CT molecular complexity index is 537. The molecule has 1 aromatic carbocycles. The van der Waals surface area contributed by atoms with Crippen LogP contribution in [-0.4, -0.2) is 27.8 Å². The number of amides is 1. The average molecular weight is 280 g/mol. The fraction of sp³-hybridized carbons (Fsp3) is 0.500. The number of nitrogens with zero attached hydrogens (tertiary/aromatic N) is 2. The summed E-state index contributed by atoms with van der Waals surface area (Å²) in [5, 5.41) is 10.8. The number of halogens is 1. The lowest BCUT2D eigenvalue weighted by Crippen LogP contribution is -2.47. The first-order valence-corrected chi connectivity index (χ1v) is 6.68. The molecule has 0 radical (unpaired) electrons. The molecule has 0 bridgehead atoms. The summed E-state index contributed by atoms with van der Waals surface area (Å²) in [6, 6.07) is 3.10. The van der Waals surface area contributed by atoms with Crippen LogP contribution in [-0.2, 0) is 0 Å². The minimum absolute atomic E-state index is 0.0184. The van der Waals surface area contributed by atoms with Crippen LogP contribution >= 0.6 is 0 Å². The van der Waals surface area contributed by atoms with Crippen molar-refractivity contribution in [2.45, 2.75) is 45.2 Å². The molecule has 1 aliphatic heterocycles. The lowest BCUT2D eigenvalue weighted by atomic mass is 9.96. The third-order valence-electron chi connectivity index (χ3n) is 3.82. The maximum Gasteiger partial charge on any atom is 0.270 e. The van der Waals surface area contributed by atoms with Gasteiger partial charge in [-0.3, -0.25) is 14.9 Å². The zero-order chi connectivity index (χ0) is 14.9. The normalized spacial score (nSPS) is 22.6. The van der Waals surface area contributed by atoms with Crippen LogP contribution in [0.4, 0.5) is 10.1 Å². The van der Waals surface area contributed by atoms with E-state index in [0.717, 1.165) is 37.5 Å². The van der Waals surface area contributed by atoms with Crippen LogP contribution in [0.5, 0.6) is 0 Å². The summed E-state index contributed by atoms with van der Waals surface area (Å²) in [7, 11) is 0. The number of benzene rings is 1. The van der Waals surface area contributed by atoms with Crippen molar-refractivity contribution in [2.75, 3.05) is 0 Å². The van der Waals surface area contributed by atoms with Crippen LogP contribution in [0.2, 0.25) is 0 Å². The summed E-state index contributed by atoms with van der Waals surface area (Å²) in [5.41, 5.74) is -0.494. The van der Waals surface area contributed by atoms with Gasteiger partial charge in [-0.2, -0.15) is 0 Å². The SMILES string of the molecule is C[C@@H]1CCC[C@H](C)N1C(=O)c1cc([N+](=O)[O-])ccc1F. The van der Waals surface area contributed by atoms with Gasteiger partial charge < -0.3 is 4.90 Å². The quantitative estimate of drug-likeness (QED) is 0.617. The number of rotatable bonds is 2. The molecule has 1 aliphatic rings. The van der Waals surface area contributed by atoms with E-state index >= 15 is 0 Å². The Kier molecular flexibility index (Phi) is 4.01. The van der Waals surface area contributed by atoms with Crippen LogP contribution in [0.3, 0.4) is 0 Å². The van der Waals surface area contributed by atoms with E-state index in [-0.39, 0.29) is 23.3 Å². The third kappa shape index (κ3) is 2.64. The fourth-order valence-corrected chi connectivity index (χ4v) is 2.75. The fourth-order valence-electron chi connectivity index (χ4n) is 2.75. The van der Waals surface area contributed by atoms with E-state index in [9.17, 15) is 19.3 Å². The van der Waals surface area contributed by atoms with Crippen LogP contribution in [0.1, 0.15) is 43.5 Å². The molecule has 0 saturated carbocycles. The van der Waals surface area contributed by atoms with Crippen LogP contribution in [0, 0.1) is 15.9 Å². The van der Waals surface area contributed by atoms with Crippen molar-refractivity contribution in [1.29, 1.82) is 0 Å². The van der Waals surface area contributed by atoms with Crippen molar-refractivity contribution in [3.8, 4) is 0 Å². The molecule has 0 unspecified atom stereocenters. The van der Waals surface area contributed by atoms with Crippen LogP contribution in [0.25, 0.3) is 0 Å². The molecule has 20 heavy (non-hydrogen) atoms. The van der Waals surface area contributed by atoms with E-state index in [1.54, 1.807) is 4.90 Å². The molecule has 108 valence electrons. The third-order valence-corrected chi connectivity index (χ3v) is 3.82. The summed E-state index contributed by atoms with van der Waals surface area (Å²) < 4.78 is 13.8. The highest BCUT2D eigenvalue weighted by molar-refractivity contribution is 5.95. The van der Waals surface area contributed by atoms with Crippen molar-refractivity contribution in [1.82, 2.24) is 4.90 Å². The van der Waals surface area contributed by atoms with Gasteiger partial charge in [0.25, 0.3) is 11.6 Å². The Hall–Kier alpha value is -1.98. The second-order valence-electron chi connectivity index (χ2n) is 5.26. The highest BCUT2D eigenvalue weighted by Gasteiger charge is 2.31. The molecule has 2 atom stereocenters. The van der Waals surface area contributed by atoms with Crippen molar-refractivity contribution in [2.24, 2.45) is 0 Å². The maximum atomic E-state index is 13.8. The zero-order valence-electron chi connectivity index (χ0n) is 11.5. The highest BCUT2D eigenvalue weighted by Crippen LogP contribution is 2.26. The molecule has 0 spiro atoms. The molecule has 1 amide bonds. The van der Waals surface area contributed by atoms with Crippen LogP contribution in [0.15, 0.2) is 18.2 Å². The Morgan fingerprint density at radius 1 is 1.35 bits per heavy atom. The van der Waals surface area contributed by atoms with E-state index in [1.165, 1.54) is 0 Å². The Morgan fingerprint density at radius 2 is 1.95 bits per heavy atom. The Balaban J connectivity index is 2.37. The predicted molar refractivity (Wildman–Crippen MR) is 72.0 cm³/mol. The molecule has 2 rings (SSSR count). The molecular formula is C14H17FN2O3. The van der Waals surface area contributed by atoms with Gasteiger partial charge in [-0.25, -0.2) is 4.39 Å². The van der Waals surface area contributed by atoms with E-state index < -0.39 is 16.6 Å². The van der Waals surface area contributed by atoms with E-state index in [2.05, 4.69) is 0 Å². The lowest BCUT2D eigenvalue weighted by Gasteiger charge is -2.39. The van der Waals surface area contributed by atoms with Gasteiger partial charge in [0.2, 0.25) is 0 Å². The maximum absolute atomic E-state index is 13.8. The first-order chi connectivity index (χ1) is 9.41. The molecule has 1 fully saturated rings. The number of piperidine rings is 1. The molecule has 1 aromatic rings. The second kappa shape index (κ2) is 5.56. The molecule has 1 heterocycles. The zero-order valence-corrected chi connectivity index (χ0v) is 11.5. The van der Waals surface area contributed by atoms with Gasteiger partial charge in [-0.05, 0) is 39.2 Å². The largest absolute Gasteiger partial charge is 0.333 e. The number of hydrogen-bond acceptors (Lipinski definition) is 3. The minimum atomic E-state index is -0.717. The topological polar surface area (TPSA) is 63.5 Å². The Labute approximate surface area is 116 Å². The van der Waals surface area contributed by atoms with E-state index in [0.29, 0.717) is 0 Å². The first-order valence-electron chi connectivity index (χ1n) is 6.68. The van der Waals surface area contributed by atoms with Gasteiger partial charge in [0.1, 0.15) is 5.82 Å². The van der Waals surface area contributed by atoms with Gasteiger partial charge in [0, 0.05) is 24.2 Å². The standard InChI is InChI=1S/C14H17FN2O3/c1-9-4-3-5-10(2)16(9)14(18)12-8-11(17(19)20)6-7-13(12)15/h6-10H,3-5H2,1-2H3/t9-,10+. The van der Waals surface area contributed by atoms with Crippen molar-refractivity contribution in [3.63, 3.8) is 0 Å². The molecule has 1 saturated heterocycles. The van der Waals surface area contributed by atoms with Crippen LogP contribution < -0.4 is 0 Å². The molecule has 0 N–H and O–H groups in total. The van der Waals surface area contributed by atoms with Gasteiger partial charge in [-0.15, -0.1) is 0 Å². The van der Waals surface area contributed by atoms with Gasteiger partial charge in [0.15, 0.2) is 0 Å². The number of hydrogen-bond donors (Lipinski definition) is 0. The van der Waals surface area contributed by atoms with E-state index in [4.69, 9.17) is 0 Å². The number of carbonyl (C=O) groups excluding carboxylic acids is 1. The number of nitro groups is 1. The summed E-state index contributed by atoms with van der Waals surface area (Å²) in [6.45, 7) is 3.84. The van der Waals surface area contributed by atoms with Crippen molar-refractivity contribution < 1.29 is 14.1 Å². The predicted octanol–water partition coefficient (Wildman–Crippen LogP) is 3.14. The summed E-state index contributed by atoms with van der Waals surface area (Å²) in [4.78, 5) is 24.2. The number of nitro benzene ring substituents is 1. The molecule has 0 aliphatic carbocycles. The molecule has 5 nitrogen and oxygen atoms in total. The van der Waals surface area contributed by atoms with Crippen molar-refractivity contribution in [3.05, 3.63) is 39.7 Å². The molecule has 0 aromatic heterocycles. The minimum Gasteiger partial charge on any atom is -0.333 e. The first kappa shape index (κ1) is 14.4. The lowest BCUT2D eigenvalue weighted by molar-refractivity contribution is -0.384. The van der Waals surface area contributed by atoms with Gasteiger partial charge in [0.05, 0.1) is 10.5 Å².